The zero-order valence-corrected chi connectivity index (χ0v) is 13.8. The molecule has 0 spiro atoms. The van der Waals surface area contributed by atoms with Gasteiger partial charge in [0.2, 0.25) is 5.91 Å². The van der Waals surface area contributed by atoms with Gasteiger partial charge in [-0.25, -0.2) is 9.37 Å². The van der Waals surface area contributed by atoms with E-state index in [0.717, 1.165) is 6.07 Å². The first-order chi connectivity index (χ1) is 11.5. The molecule has 1 aliphatic rings. The van der Waals surface area contributed by atoms with Crippen LogP contribution in [0.5, 0.6) is 0 Å². The maximum absolute atomic E-state index is 13.3. The van der Waals surface area contributed by atoms with Gasteiger partial charge in [-0.1, -0.05) is 0 Å². The van der Waals surface area contributed by atoms with Crippen molar-refractivity contribution in [3.8, 4) is 0 Å². The first-order valence-corrected chi connectivity index (χ1v) is 8.03. The van der Waals surface area contributed by atoms with Crippen LogP contribution in [0.15, 0.2) is 29.3 Å². The lowest BCUT2D eigenvalue weighted by Gasteiger charge is -2.24. The van der Waals surface area contributed by atoms with Crippen LogP contribution in [0.25, 0.3) is 10.9 Å². The minimum Gasteiger partial charge on any atom is -0.353 e. The normalized spacial score (nSPS) is 15.7. The second kappa shape index (κ2) is 6.68. The molecule has 0 radical (unpaired) electrons. The number of amides is 1. The minimum atomic E-state index is -0.498. The smallest absolute Gasteiger partial charge is 0.261 e. The Bertz CT molecular complexity index is 812. The van der Waals surface area contributed by atoms with Crippen LogP contribution in [-0.2, 0) is 11.3 Å². The molecule has 1 aromatic carbocycles. The highest BCUT2D eigenvalue weighted by Crippen LogP contribution is 2.34. The van der Waals surface area contributed by atoms with Gasteiger partial charge in [-0.3, -0.25) is 14.2 Å². The maximum atomic E-state index is 13.3. The van der Waals surface area contributed by atoms with Gasteiger partial charge in [0.1, 0.15) is 12.4 Å². The van der Waals surface area contributed by atoms with E-state index in [4.69, 9.17) is 0 Å². The van der Waals surface area contributed by atoms with Gasteiger partial charge in [0.25, 0.3) is 5.56 Å². The van der Waals surface area contributed by atoms with Crippen LogP contribution in [-0.4, -0.2) is 47.0 Å². The van der Waals surface area contributed by atoms with Crippen molar-refractivity contribution in [1.82, 2.24) is 19.8 Å². The van der Waals surface area contributed by atoms with Gasteiger partial charge in [-0.2, -0.15) is 0 Å². The van der Waals surface area contributed by atoms with E-state index in [9.17, 15) is 14.0 Å². The number of rotatable bonds is 6. The molecule has 1 fully saturated rings. The van der Waals surface area contributed by atoms with Crippen LogP contribution in [0.3, 0.4) is 0 Å². The molecule has 1 aliphatic carbocycles. The number of hydrogen-bond acceptors (Lipinski definition) is 4. The Balaban J connectivity index is 1.69. The van der Waals surface area contributed by atoms with E-state index in [1.807, 2.05) is 14.1 Å². The Kier molecular flexibility index (Phi) is 4.62. The highest BCUT2D eigenvalue weighted by atomic mass is 19.1. The van der Waals surface area contributed by atoms with E-state index < -0.39 is 11.4 Å². The van der Waals surface area contributed by atoms with E-state index in [1.165, 1.54) is 35.9 Å². The molecule has 1 N–H and O–H groups in total. The summed E-state index contributed by atoms with van der Waals surface area (Å²) in [6, 6.07) is 4.17. The van der Waals surface area contributed by atoms with Crippen LogP contribution in [0.2, 0.25) is 0 Å². The third-order valence-electron chi connectivity index (χ3n) is 4.44. The fourth-order valence-corrected chi connectivity index (χ4v) is 2.92. The van der Waals surface area contributed by atoms with E-state index in [0.29, 0.717) is 24.0 Å². The Morgan fingerprint density at radius 2 is 2.21 bits per heavy atom. The van der Waals surface area contributed by atoms with Gasteiger partial charge in [0, 0.05) is 12.6 Å². The summed E-state index contributed by atoms with van der Waals surface area (Å²) in [7, 11) is 4.00. The van der Waals surface area contributed by atoms with Crippen LogP contribution < -0.4 is 10.9 Å². The number of halogens is 1. The molecule has 7 heteroatoms. The fraction of sp³-hybridized carbons (Fsp3) is 0.471. The molecule has 1 heterocycles. The number of carbonyl (C=O) groups excluding carboxylic acids is 1. The Morgan fingerprint density at radius 3 is 2.88 bits per heavy atom. The number of nitrogens with zero attached hydrogens (tertiary/aromatic N) is 3. The van der Waals surface area contributed by atoms with Crippen LogP contribution in [0.1, 0.15) is 12.8 Å². The molecule has 0 saturated heterocycles. The Labute approximate surface area is 139 Å². The lowest BCUT2D eigenvalue weighted by Crippen LogP contribution is -2.43. The summed E-state index contributed by atoms with van der Waals surface area (Å²) < 4.78 is 14.5. The summed E-state index contributed by atoms with van der Waals surface area (Å²) in [5, 5.41) is 3.05. The van der Waals surface area contributed by atoms with Gasteiger partial charge in [-0.15, -0.1) is 0 Å². The highest BCUT2D eigenvalue weighted by molar-refractivity contribution is 5.79. The largest absolute Gasteiger partial charge is 0.353 e. The number of fused-ring (bicyclic) bond motifs is 1. The molecule has 24 heavy (non-hydrogen) atoms. The molecule has 0 unspecified atom stereocenters. The summed E-state index contributed by atoms with van der Waals surface area (Å²) in [5.74, 6) is -0.114. The molecule has 1 amide bonds. The number of carbonyl (C=O) groups is 1. The van der Waals surface area contributed by atoms with Crippen molar-refractivity contribution in [2.45, 2.75) is 25.4 Å². The molecular weight excluding hydrogens is 311 g/mol. The van der Waals surface area contributed by atoms with Crippen molar-refractivity contribution in [2.24, 2.45) is 5.92 Å². The molecule has 0 aliphatic heterocycles. The van der Waals surface area contributed by atoms with E-state index >= 15 is 0 Å². The van der Waals surface area contributed by atoms with Gasteiger partial charge in [0.05, 0.1) is 17.2 Å². The lowest BCUT2D eigenvalue weighted by molar-refractivity contribution is -0.122. The SMILES string of the molecule is CN(C)[C@@H](CNC(=O)Cn1cnc2ccc(F)cc2c1=O)C1CC1. The average Bonchev–Trinajstić information content (AvgIpc) is 3.35. The lowest BCUT2D eigenvalue weighted by atomic mass is 10.1. The van der Waals surface area contributed by atoms with Crippen LogP contribution in [0.4, 0.5) is 4.39 Å². The van der Waals surface area contributed by atoms with Crippen molar-refractivity contribution >= 4 is 16.8 Å². The third kappa shape index (κ3) is 3.62. The van der Waals surface area contributed by atoms with Gasteiger partial charge in [-0.05, 0) is 51.1 Å². The number of aromatic nitrogens is 2. The number of likely N-dealkylation sites (N-methyl/N-ethyl adjacent to an activating group) is 1. The number of hydrogen-bond donors (Lipinski definition) is 1. The third-order valence-corrected chi connectivity index (χ3v) is 4.44. The average molecular weight is 332 g/mol. The molecule has 1 aromatic heterocycles. The van der Waals surface area contributed by atoms with Gasteiger partial charge in [0.15, 0.2) is 0 Å². The zero-order chi connectivity index (χ0) is 17.3. The standard InChI is InChI=1S/C17H21FN4O2/c1-21(2)15(11-3-4-11)8-19-16(23)9-22-10-20-14-6-5-12(18)7-13(14)17(22)24/h5-7,10-11,15H,3-4,8-9H2,1-2H3,(H,19,23)/t15-/m0/s1. The van der Waals surface area contributed by atoms with E-state index in [-0.39, 0.29) is 17.8 Å². The second-order valence-electron chi connectivity index (χ2n) is 6.51. The fourth-order valence-electron chi connectivity index (χ4n) is 2.92. The topological polar surface area (TPSA) is 67.2 Å². The van der Waals surface area contributed by atoms with Gasteiger partial charge < -0.3 is 10.2 Å². The molecule has 128 valence electrons. The molecule has 1 atom stereocenters. The van der Waals surface area contributed by atoms with Crippen molar-refractivity contribution in [2.75, 3.05) is 20.6 Å². The molecule has 3 rings (SSSR count). The summed E-state index contributed by atoms with van der Waals surface area (Å²) in [6.07, 6.45) is 3.71. The highest BCUT2D eigenvalue weighted by Gasteiger charge is 2.32. The van der Waals surface area contributed by atoms with Crippen molar-refractivity contribution in [1.29, 1.82) is 0 Å². The van der Waals surface area contributed by atoms with E-state index in [1.54, 1.807) is 0 Å². The quantitative estimate of drug-likeness (QED) is 0.857. The predicted molar refractivity (Wildman–Crippen MR) is 89.2 cm³/mol. The molecule has 6 nitrogen and oxygen atoms in total. The molecule has 0 bridgehead atoms. The van der Waals surface area contributed by atoms with Crippen molar-refractivity contribution < 1.29 is 9.18 Å². The minimum absolute atomic E-state index is 0.122. The number of nitrogens with one attached hydrogen (secondary N) is 1. The molecular formula is C17H21FN4O2. The Morgan fingerprint density at radius 1 is 1.46 bits per heavy atom. The van der Waals surface area contributed by atoms with Crippen molar-refractivity contribution in [3.63, 3.8) is 0 Å². The first kappa shape index (κ1) is 16.6. The van der Waals surface area contributed by atoms with Crippen LogP contribution >= 0.6 is 0 Å². The summed E-state index contributed by atoms with van der Waals surface area (Å²) in [4.78, 5) is 30.7. The monoisotopic (exact) mass is 332 g/mol. The first-order valence-electron chi connectivity index (χ1n) is 8.03. The van der Waals surface area contributed by atoms with Crippen LogP contribution in [0, 0.1) is 11.7 Å². The molecule has 2 aromatic rings. The van der Waals surface area contributed by atoms with Crippen molar-refractivity contribution in [3.05, 3.63) is 40.7 Å². The number of benzene rings is 1. The summed E-state index contributed by atoms with van der Waals surface area (Å²) in [5.41, 5.74) is 0.000431. The summed E-state index contributed by atoms with van der Waals surface area (Å²) >= 11 is 0. The zero-order valence-electron chi connectivity index (χ0n) is 13.8. The Hall–Kier alpha value is -2.28. The van der Waals surface area contributed by atoms with Gasteiger partial charge >= 0.3 is 0 Å². The van der Waals surface area contributed by atoms with E-state index in [2.05, 4.69) is 15.2 Å². The summed E-state index contributed by atoms with van der Waals surface area (Å²) in [6.45, 7) is 0.435. The molecule has 1 saturated carbocycles. The predicted octanol–water partition coefficient (Wildman–Crippen LogP) is 0.992. The second-order valence-corrected chi connectivity index (χ2v) is 6.51. The maximum Gasteiger partial charge on any atom is 0.261 e.